The zero-order valence-electron chi connectivity index (χ0n) is 6.13. The maximum atomic E-state index is 8.88. The highest BCUT2D eigenvalue weighted by Crippen LogP contribution is 2.02. The van der Waals surface area contributed by atoms with Gasteiger partial charge in [-0.05, 0) is 47.9 Å². The molecule has 0 heterocycles. The van der Waals surface area contributed by atoms with Gasteiger partial charge in [0.15, 0.2) is 0 Å². The summed E-state index contributed by atoms with van der Waals surface area (Å²) in [5, 5.41) is 11.7. The first-order valence-corrected chi connectivity index (χ1v) is 4.25. The van der Waals surface area contributed by atoms with Gasteiger partial charge in [-0.25, -0.2) is 0 Å². The van der Waals surface area contributed by atoms with Gasteiger partial charge in [0.1, 0.15) is 4.11 Å². The van der Waals surface area contributed by atoms with E-state index in [4.69, 9.17) is 5.11 Å². The molecule has 0 rings (SSSR count). The van der Waals surface area contributed by atoms with E-state index in [1.807, 2.05) is 48.8 Å². The molecule has 0 fully saturated rings. The lowest BCUT2D eigenvalue weighted by Gasteiger charge is -1.94. The highest BCUT2D eigenvalue weighted by molar-refractivity contribution is 14.1. The first-order chi connectivity index (χ1) is 4.66. The van der Waals surface area contributed by atoms with Crippen LogP contribution in [-0.2, 0) is 0 Å². The molecule has 2 N–H and O–H groups in total. The van der Waals surface area contributed by atoms with Crippen molar-refractivity contribution < 1.29 is 5.11 Å². The number of allylic oxidation sites excluding steroid dienone is 2. The van der Waals surface area contributed by atoms with Crippen LogP contribution in [0.5, 0.6) is 0 Å². The first kappa shape index (κ1) is 9.97. The van der Waals surface area contributed by atoms with Crippen molar-refractivity contribution in [3.63, 3.8) is 0 Å². The molecule has 3 heteroatoms. The third-order valence-electron chi connectivity index (χ3n) is 0.913. The van der Waals surface area contributed by atoms with Crippen LogP contribution in [0.2, 0.25) is 0 Å². The Morgan fingerprint density at radius 1 is 1.70 bits per heavy atom. The summed E-state index contributed by atoms with van der Waals surface area (Å²) >= 11 is 1.93. The van der Waals surface area contributed by atoms with Gasteiger partial charge in [-0.15, -0.1) is 0 Å². The van der Waals surface area contributed by atoms with Gasteiger partial charge >= 0.3 is 0 Å². The molecule has 0 aliphatic rings. The minimum Gasteiger partial charge on any atom is -0.394 e. The number of alkyl halides is 1. The molecule has 0 saturated carbocycles. The second-order valence-corrected chi connectivity index (χ2v) is 3.18. The molecule has 0 bridgehead atoms. The lowest BCUT2D eigenvalue weighted by atomic mass is 10.3. The van der Waals surface area contributed by atoms with Gasteiger partial charge in [0.2, 0.25) is 0 Å². The van der Waals surface area contributed by atoms with Gasteiger partial charge in [0, 0.05) is 7.05 Å². The Balaban J connectivity index is 3.82. The van der Waals surface area contributed by atoms with Crippen molar-refractivity contribution in [3.05, 3.63) is 23.9 Å². The van der Waals surface area contributed by atoms with Crippen molar-refractivity contribution in [2.75, 3.05) is 7.05 Å². The van der Waals surface area contributed by atoms with Gasteiger partial charge in [0.05, 0.1) is 0 Å². The summed E-state index contributed by atoms with van der Waals surface area (Å²) in [4.78, 5) is 0. The largest absolute Gasteiger partial charge is 0.394 e. The van der Waals surface area contributed by atoms with Crippen LogP contribution in [-0.4, -0.2) is 16.3 Å². The van der Waals surface area contributed by atoms with Crippen LogP contribution in [0.4, 0.5) is 0 Å². The summed E-state index contributed by atoms with van der Waals surface area (Å²) in [6.07, 6.45) is 5.50. The van der Waals surface area contributed by atoms with E-state index in [9.17, 15) is 0 Å². The summed E-state index contributed by atoms with van der Waals surface area (Å²) in [5.74, 6) is 0. The maximum Gasteiger partial charge on any atom is 0.124 e. The summed E-state index contributed by atoms with van der Waals surface area (Å²) in [7, 11) is 1.84. The molecule has 0 spiro atoms. The fourth-order valence-electron chi connectivity index (χ4n) is 0.487. The number of nitrogens with one attached hydrogen (secondary N) is 1. The van der Waals surface area contributed by atoms with E-state index in [1.165, 1.54) is 0 Å². The average Bonchev–Trinajstić information content (AvgIpc) is 1.82. The van der Waals surface area contributed by atoms with Crippen LogP contribution in [0.3, 0.4) is 0 Å². The van der Waals surface area contributed by atoms with Crippen LogP contribution in [0.15, 0.2) is 23.9 Å². The Labute approximate surface area is 75.2 Å². The second-order valence-electron chi connectivity index (χ2n) is 1.91. The SMILES string of the molecule is CN/C=C\C(C)=C\C(O)I. The lowest BCUT2D eigenvalue weighted by Crippen LogP contribution is -1.92. The Morgan fingerprint density at radius 3 is 2.70 bits per heavy atom. The summed E-state index contributed by atoms with van der Waals surface area (Å²) in [6.45, 7) is 1.94. The smallest absolute Gasteiger partial charge is 0.124 e. The number of aliphatic hydroxyl groups excluding tert-OH is 1. The minimum absolute atomic E-state index is 0.390. The molecule has 1 unspecified atom stereocenters. The zero-order valence-corrected chi connectivity index (χ0v) is 8.29. The molecule has 10 heavy (non-hydrogen) atoms. The first-order valence-electron chi connectivity index (χ1n) is 3.01. The molecule has 0 saturated heterocycles. The van der Waals surface area contributed by atoms with Crippen LogP contribution >= 0.6 is 22.6 Å². The fourth-order valence-corrected chi connectivity index (χ4v) is 1.05. The summed E-state index contributed by atoms with van der Waals surface area (Å²) in [6, 6.07) is 0. The van der Waals surface area contributed by atoms with Crippen molar-refractivity contribution in [2.45, 2.75) is 11.0 Å². The molecule has 0 amide bonds. The van der Waals surface area contributed by atoms with E-state index < -0.39 is 0 Å². The molecule has 0 aliphatic heterocycles. The predicted molar refractivity (Wildman–Crippen MR) is 52.0 cm³/mol. The number of hydrogen-bond donors (Lipinski definition) is 2. The Hall–Kier alpha value is -0.0300. The van der Waals surface area contributed by atoms with Gasteiger partial charge in [-0.2, -0.15) is 0 Å². The van der Waals surface area contributed by atoms with E-state index in [0.29, 0.717) is 0 Å². The third-order valence-corrected chi connectivity index (χ3v) is 1.27. The standard InChI is InChI=1S/C7H12INO/c1-6(3-4-9-2)5-7(8)10/h3-5,7,9-10H,1-2H3/b4-3-,6-5+. The van der Waals surface area contributed by atoms with Crippen molar-refractivity contribution >= 4 is 22.6 Å². The zero-order chi connectivity index (χ0) is 7.98. The van der Waals surface area contributed by atoms with Gasteiger partial charge in [-0.1, -0.05) is 5.57 Å². The van der Waals surface area contributed by atoms with E-state index in [2.05, 4.69) is 5.32 Å². The van der Waals surface area contributed by atoms with Gasteiger partial charge < -0.3 is 10.4 Å². The van der Waals surface area contributed by atoms with E-state index in [1.54, 1.807) is 6.08 Å². The Kier molecular flexibility index (Phi) is 5.71. The highest BCUT2D eigenvalue weighted by Gasteiger charge is 1.88. The molecule has 58 valence electrons. The lowest BCUT2D eigenvalue weighted by molar-refractivity contribution is 0.324. The topological polar surface area (TPSA) is 32.3 Å². The van der Waals surface area contributed by atoms with Crippen LogP contribution in [0, 0.1) is 0 Å². The summed E-state index contributed by atoms with van der Waals surface area (Å²) in [5.41, 5.74) is 1.05. The highest BCUT2D eigenvalue weighted by atomic mass is 127. The Morgan fingerprint density at radius 2 is 2.30 bits per heavy atom. The normalized spacial score (nSPS) is 15.8. The molecule has 0 aromatic rings. The molecule has 2 nitrogen and oxygen atoms in total. The molecular weight excluding hydrogens is 241 g/mol. The number of hydrogen-bond acceptors (Lipinski definition) is 2. The predicted octanol–water partition coefficient (Wildman–Crippen LogP) is 1.42. The van der Waals surface area contributed by atoms with Gasteiger partial charge in [0.25, 0.3) is 0 Å². The minimum atomic E-state index is -0.390. The van der Waals surface area contributed by atoms with E-state index >= 15 is 0 Å². The maximum absolute atomic E-state index is 8.88. The fraction of sp³-hybridized carbons (Fsp3) is 0.429. The number of rotatable bonds is 3. The van der Waals surface area contributed by atoms with Crippen molar-refractivity contribution in [3.8, 4) is 0 Å². The molecule has 1 atom stereocenters. The molecule has 0 aliphatic carbocycles. The second kappa shape index (κ2) is 5.73. The summed E-state index contributed by atoms with van der Waals surface area (Å²) < 4.78 is -0.390. The van der Waals surface area contributed by atoms with Gasteiger partial charge in [-0.3, -0.25) is 0 Å². The molecule has 0 aromatic heterocycles. The van der Waals surface area contributed by atoms with Crippen molar-refractivity contribution in [2.24, 2.45) is 0 Å². The van der Waals surface area contributed by atoms with Crippen LogP contribution in [0.1, 0.15) is 6.92 Å². The number of halogens is 1. The van der Waals surface area contributed by atoms with Crippen molar-refractivity contribution in [1.29, 1.82) is 0 Å². The molecule has 0 aromatic carbocycles. The monoisotopic (exact) mass is 253 g/mol. The Bertz CT molecular complexity index is 141. The van der Waals surface area contributed by atoms with Crippen LogP contribution < -0.4 is 5.32 Å². The van der Waals surface area contributed by atoms with Crippen LogP contribution in [0.25, 0.3) is 0 Å². The van der Waals surface area contributed by atoms with E-state index in [-0.39, 0.29) is 4.11 Å². The average molecular weight is 253 g/mol. The third kappa shape index (κ3) is 6.10. The molecular formula is C7H12INO. The van der Waals surface area contributed by atoms with E-state index in [0.717, 1.165) is 5.57 Å². The quantitative estimate of drug-likeness (QED) is 0.453. The van der Waals surface area contributed by atoms with Crippen molar-refractivity contribution in [1.82, 2.24) is 5.32 Å². The number of aliphatic hydroxyl groups is 1. The molecule has 0 radical (unpaired) electrons.